The average molecular weight is 293 g/mol. The highest BCUT2D eigenvalue weighted by atomic mass is 19.2. The molecule has 0 bridgehead atoms. The van der Waals surface area contributed by atoms with E-state index in [0.717, 1.165) is 12.1 Å². The third-order valence-corrected chi connectivity index (χ3v) is 2.82. The molecule has 2 rings (SSSR count). The highest BCUT2D eigenvalue weighted by molar-refractivity contribution is 5.88. The fourth-order valence-electron chi connectivity index (χ4n) is 1.71. The van der Waals surface area contributed by atoms with Gasteiger partial charge in [0.25, 0.3) is 0 Å². The van der Waals surface area contributed by atoms with Gasteiger partial charge in [0.05, 0.1) is 12.2 Å². The standard InChI is InChI=1S/C14H13F2N3O2/c1-3-6-21-14(20)13-9(2)19(18-17-13)8-10-4-5-11(15)12(16)7-10/h3-5,7H,1,6,8H2,2H3. The molecule has 0 saturated heterocycles. The number of carbonyl (C=O) groups excluding carboxylic acids is 1. The molecule has 0 aliphatic heterocycles. The van der Waals surface area contributed by atoms with Crippen molar-refractivity contribution < 1.29 is 18.3 Å². The number of nitrogens with zero attached hydrogens (tertiary/aromatic N) is 3. The number of halogens is 2. The molecule has 0 aliphatic carbocycles. The first kappa shape index (κ1) is 14.8. The van der Waals surface area contributed by atoms with Gasteiger partial charge in [0.15, 0.2) is 17.3 Å². The second-order valence-electron chi connectivity index (χ2n) is 4.32. The number of rotatable bonds is 5. The first-order chi connectivity index (χ1) is 10.0. The van der Waals surface area contributed by atoms with Crippen molar-refractivity contribution in [3.05, 3.63) is 59.4 Å². The lowest BCUT2D eigenvalue weighted by atomic mass is 10.2. The second-order valence-corrected chi connectivity index (χ2v) is 4.32. The zero-order chi connectivity index (χ0) is 15.4. The Bertz CT molecular complexity index is 683. The van der Waals surface area contributed by atoms with Gasteiger partial charge in [0.2, 0.25) is 0 Å². The highest BCUT2D eigenvalue weighted by Gasteiger charge is 2.17. The largest absolute Gasteiger partial charge is 0.457 e. The molecule has 0 N–H and O–H groups in total. The summed E-state index contributed by atoms with van der Waals surface area (Å²) in [5, 5.41) is 7.56. The molecule has 0 aliphatic rings. The van der Waals surface area contributed by atoms with Crippen LogP contribution in [0.25, 0.3) is 0 Å². The number of hydrogen-bond donors (Lipinski definition) is 0. The van der Waals surface area contributed by atoms with Crippen molar-refractivity contribution in [2.45, 2.75) is 13.5 Å². The highest BCUT2D eigenvalue weighted by Crippen LogP contribution is 2.12. The summed E-state index contributed by atoms with van der Waals surface area (Å²) in [6, 6.07) is 3.55. The van der Waals surface area contributed by atoms with Crippen LogP contribution in [0.15, 0.2) is 30.9 Å². The molecule has 0 saturated carbocycles. The number of ether oxygens (including phenoxy) is 1. The first-order valence-corrected chi connectivity index (χ1v) is 6.15. The Morgan fingerprint density at radius 1 is 1.43 bits per heavy atom. The van der Waals surface area contributed by atoms with Crippen LogP contribution in [0.4, 0.5) is 8.78 Å². The Kier molecular flexibility index (Phi) is 4.42. The van der Waals surface area contributed by atoms with Crippen LogP contribution in [-0.2, 0) is 11.3 Å². The van der Waals surface area contributed by atoms with Gasteiger partial charge in [-0.2, -0.15) is 0 Å². The quantitative estimate of drug-likeness (QED) is 0.627. The monoisotopic (exact) mass is 293 g/mol. The van der Waals surface area contributed by atoms with Crippen LogP contribution in [-0.4, -0.2) is 27.6 Å². The topological polar surface area (TPSA) is 57.0 Å². The lowest BCUT2D eigenvalue weighted by molar-refractivity contribution is 0.0542. The van der Waals surface area contributed by atoms with Crippen molar-refractivity contribution in [1.29, 1.82) is 0 Å². The van der Waals surface area contributed by atoms with Crippen LogP contribution < -0.4 is 0 Å². The Morgan fingerprint density at radius 3 is 2.86 bits per heavy atom. The number of esters is 1. The predicted octanol–water partition coefficient (Wildman–Crippen LogP) is 2.26. The summed E-state index contributed by atoms with van der Waals surface area (Å²) < 4.78 is 32.3. The summed E-state index contributed by atoms with van der Waals surface area (Å²) >= 11 is 0. The van der Waals surface area contributed by atoms with E-state index in [9.17, 15) is 13.6 Å². The molecule has 0 amide bonds. The van der Waals surface area contributed by atoms with Crippen LogP contribution in [0.3, 0.4) is 0 Å². The molecule has 0 fully saturated rings. The number of aromatic nitrogens is 3. The molecule has 0 spiro atoms. The van der Waals surface area contributed by atoms with Crippen molar-refractivity contribution in [2.75, 3.05) is 6.61 Å². The SMILES string of the molecule is C=CCOC(=O)c1nnn(Cc2ccc(F)c(F)c2)c1C. The molecular formula is C14H13F2N3O2. The third kappa shape index (κ3) is 3.31. The molecule has 0 radical (unpaired) electrons. The summed E-state index contributed by atoms with van der Waals surface area (Å²) in [7, 11) is 0. The number of carbonyl (C=O) groups is 1. The van der Waals surface area contributed by atoms with Crippen molar-refractivity contribution in [2.24, 2.45) is 0 Å². The lowest BCUT2D eigenvalue weighted by Gasteiger charge is -2.04. The van der Waals surface area contributed by atoms with Crippen molar-refractivity contribution in [3.63, 3.8) is 0 Å². The van der Waals surface area contributed by atoms with E-state index in [1.165, 1.54) is 16.8 Å². The fraction of sp³-hybridized carbons (Fsp3) is 0.214. The van der Waals surface area contributed by atoms with E-state index < -0.39 is 17.6 Å². The van der Waals surface area contributed by atoms with Gasteiger partial charge in [0.1, 0.15) is 6.61 Å². The smallest absolute Gasteiger partial charge is 0.361 e. The Balaban J connectivity index is 2.18. The summed E-state index contributed by atoms with van der Waals surface area (Å²) in [6.45, 7) is 5.33. The van der Waals surface area contributed by atoms with E-state index >= 15 is 0 Å². The molecule has 5 nitrogen and oxygen atoms in total. The molecule has 110 valence electrons. The molecule has 0 unspecified atom stereocenters. The minimum atomic E-state index is -0.934. The van der Waals surface area contributed by atoms with E-state index in [4.69, 9.17) is 4.74 Å². The van der Waals surface area contributed by atoms with Crippen molar-refractivity contribution >= 4 is 5.97 Å². The fourth-order valence-corrected chi connectivity index (χ4v) is 1.71. The van der Waals surface area contributed by atoms with Crippen molar-refractivity contribution in [1.82, 2.24) is 15.0 Å². The van der Waals surface area contributed by atoms with Crippen molar-refractivity contribution in [3.8, 4) is 0 Å². The first-order valence-electron chi connectivity index (χ1n) is 6.15. The Morgan fingerprint density at radius 2 is 2.19 bits per heavy atom. The molecule has 2 aromatic rings. The summed E-state index contributed by atoms with van der Waals surface area (Å²) in [6.07, 6.45) is 1.44. The summed E-state index contributed by atoms with van der Waals surface area (Å²) in [5.41, 5.74) is 1.07. The second kappa shape index (κ2) is 6.25. The van der Waals surface area contributed by atoms with Gasteiger partial charge in [-0.05, 0) is 24.6 Å². The Labute approximate surface area is 119 Å². The molecule has 21 heavy (non-hydrogen) atoms. The average Bonchev–Trinajstić information content (AvgIpc) is 2.82. The molecule has 1 heterocycles. The van der Waals surface area contributed by atoms with Gasteiger partial charge < -0.3 is 4.74 Å². The minimum absolute atomic E-state index is 0.0777. The summed E-state index contributed by atoms with van der Waals surface area (Å²) in [5.74, 6) is -2.46. The molecule has 7 heteroatoms. The van der Waals surface area contributed by atoms with Gasteiger partial charge in [-0.15, -0.1) is 5.10 Å². The van der Waals surface area contributed by atoms with Gasteiger partial charge in [0, 0.05) is 0 Å². The van der Waals surface area contributed by atoms with Crippen LogP contribution >= 0.6 is 0 Å². The Hall–Kier alpha value is -2.57. The predicted molar refractivity (Wildman–Crippen MR) is 70.7 cm³/mol. The summed E-state index contributed by atoms with van der Waals surface area (Å²) in [4.78, 5) is 11.7. The molecule has 1 aromatic heterocycles. The third-order valence-electron chi connectivity index (χ3n) is 2.82. The minimum Gasteiger partial charge on any atom is -0.457 e. The lowest BCUT2D eigenvalue weighted by Crippen LogP contribution is -2.09. The van der Waals surface area contributed by atoms with Crippen LogP contribution in [0.5, 0.6) is 0 Å². The molecular weight excluding hydrogens is 280 g/mol. The van der Waals surface area contributed by atoms with E-state index in [1.807, 2.05) is 0 Å². The molecule has 0 atom stereocenters. The zero-order valence-corrected chi connectivity index (χ0v) is 11.3. The van der Waals surface area contributed by atoms with Gasteiger partial charge in [-0.25, -0.2) is 18.3 Å². The van der Waals surface area contributed by atoms with E-state index in [0.29, 0.717) is 11.3 Å². The molecule has 1 aromatic carbocycles. The van der Waals surface area contributed by atoms with Crippen LogP contribution in [0, 0.1) is 18.6 Å². The van der Waals surface area contributed by atoms with E-state index in [-0.39, 0.29) is 18.8 Å². The van der Waals surface area contributed by atoms with E-state index in [1.54, 1.807) is 6.92 Å². The van der Waals surface area contributed by atoms with Crippen LogP contribution in [0.1, 0.15) is 21.7 Å². The maximum Gasteiger partial charge on any atom is 0.361 e. The van der Waals surface area contributed by atoms with Gasteiger partial charge in [-0.1, -0.05) is 23.9 Å². The van der Waals surface area contributed by atoms with E-state index in [2.05, 4.69) is 16.9 Å². The number of hydrogen-bond acceptors (Lipinski definition) is 4. The normalized spacial score (nSPS) is 10.4. The van der Waals surface area contributed by atoms with Gasteiger partial charge >= 0.3 is 5.97 Å². The number of benzene rings is 1. The van der Waals surface area contributed by atoms with Crippen LogP contribution in [0.2, 0.25) is 0 Å². The zero-order valence-electron chi connectivity index (χ0n) is 11.3. The van der Waals surface area contributed by atoms with Gasteiger partial charge in [-0.3, -0.25) is 0 Å². The maximum atomic E-state index is 13.2. The maximum absolute atomic E-state index is 13.2.